The van der Waals surface area contributed by atoms with Gasteiger partial charge in [-0.15, -0.1) is 0 Å². The number of hydrogen-bond donors (Lipinski definition) is 1. The summed E-state index contributed by atoms with van der Waals surface area (Å²) in [5, 5.41) is 6.74. The number of amides is 1. The number of halogens is 1. The fraction of sp³-hybridized carbons (Fsp3) is 0.158. The lowest BCUT2D eigenvalue weighted by atomic mass is 10.2. The zero-order chi connectivity index (χ0) is 20.3. The molecule has 0 aliphatic heterocycles. The molecule has 0 spiro atoms. The maximum Gasteiger partial charge on any atom is 0.245 e. The molecule has 0 aliphatic carbocycles. The van der Waals surface area contributed by atoms with Gasteiger partial charge in [0.15, 0.2) is 0 Å². The first-order valence-corrected chi connectivity index (χ1v) is 10.2. The van der Waals surface area contributed by atoms with E-state index in [1.807, 2.05) is 0 Å². The zero-order valence-electron chi connectivity index (χ0n) is 15.3. The average Bonchev–Trinajstić information content (AvgIpc) is 3.16. The van der Waals surface area contributed by atoms with Crippen LogP contribution < -0.4 is 9.62 Å². The summed E-state index contributed by atoms with van der Waals surface area (Å²) in [6.45, 7) is 1.23. The lowest BCUT2D eigenvalue weighted by Crippen LogP contribution is -2.37. The van der Waals surface area contributed by atoms with E-state index in [0.717, 1.165) is 10.6 Å². The Labute approximate surface area is 162 Å². The van der Waals surface area contributed by atoms with Gasteiger partial charge in [-0.25, -0.2) is 17.5 Å². The largest absolute Gasteiger partial charge is 0.324 e. The maximum absolute atomic E-state index is 13.2. The van der Waals surface area contributed by atoms with Gasteiger partial charge in [-0.2, -0.15) is 5.10 Å². The molecule has 9 heteroatoms. The summed E-state index contributed by atoms with van der Waals surface area (Å²) in [6, 6.07) is 12.4. The summed E-state index contributed by atoms with van der Waals surface area (Å²) >= 11 is 0. The highest BCUT2D eigenvalue weighted by Crippen LogP contribution is 2.22. The van der Waals surface area contributed by atoms with Crippen LogP contribution in [0.2, 0.25) is 0 Å². The average molecular weight is 402 g/mol. The molecule has 0 bridgehead atoms. The smallest absolute Gasteiger partial charge is 0.245 e. The van der Waals surface area contributed by atoms with Gasteiger partial charge in [0.25, 0.3) is 0 Å². The third-order valence-corrected chi connectivity index (χ3v) is 5.18. The minimum atomic E-state index is -3.72. The number of carbonyl (C=O) groups is 1. The van der Waals surface area contributed by atoms with Crippen molar-refractivity contribution in [3.63, 3.8) is 0 Å². The highest BCUT2D eigenvalue weighted by Gasteiger charge is 2.21. The van der Waals surface area contributed by atoms with Crippen molar-refractivity contribution in [1.29, 1.82) is 0 Å². The van der Waals surface area contributed by atoms with Gasteiger partial charge in [-0.3, -0.25) is 9.10 Å². The number of anilines is 2. The number of sulfonamides is 1. The van der Waals surface area contributed by atoms with Crippen molar-refractivity contribution in [1.82, 2.24) is 9.78 Å². The van der Waals surface area contributed by atoms with Crippen LogP contribution in [0.25, 0.3) is 5.69 Å². The van der Waals surface area contributed by atoms with Crippen LogP contribution in [-0.4, -0.2) is 36.9 Å². The minimum Gasteiger partial charge on any atom is -0.324 e. The van der Waals surface area contributed by atoms with Crippen molar-refractivity contribution >= 4 is 27.3 Å². The number of rotatable bonds is 6. The van der Waals surface area contributed by atoms with E-state index >= 15 is 0 Å². The Morgan fingerprint density at radius 1 is 1.21 bits per heavy atom. The van der Waals surface area contributed by atoms with Gasteiger partial charge in [-0.1, -0.05) is 6.07 Å². The van der Waals surface area contributed by atoms with Crippen LogP contribution in [0.5, 0.6) is 0 Å². The van der Waals surface area contributed by atoms with Gasteiger partial charge in [0.1, 0.15) is 12.4 Å². The van der Waals surface area contributed by atoms with Gasteiger partial charge < -0.3 is 5.32 Å². The van der Waals surface area contributed by atoms with E-state index < -0.39 is 28.3 Å². The Morgan fingerprint density at radius 3 is 2.64 bits per heavy atom. The zero-order valence-corrected chi connectivity index (χ0v) is 16.1. The quantitative estimate of drug-likeness (QED) is 0.687. The van der Waals surface area contributed by atoms with Crippen molar-refractivity contribution in [3.8, 4) is 5.69 Å². The lowest BCUT2D eigenvalue weighted by molar-refractivity contribution is -0.114. The van der Waals surface area contributed by atoms with Crippen molar-refractivity contribution in [2.75, 3.05) is 22.4 Å². The van der Waals surface area contributed by atoms with E-state index in [1.165, 1.54) is 18.2 Å². The molecule has 1 amide bonds. The van der Waals surface area contributed by atoms with Gasteiger partial charge in [-0.05, 0) is 55.0 Å². The summed E-state index contributed by atoms with van der Waals surface area (Å²) in [4.78, 5) is 12.5. The monoisotopic (exact) mass is 402 g/mol. The Balaban J connectivity index is 1.85. The van der Waals surface area contributed by atoms with Crippen LogP contribution in [0.15, 0.2) is 60.9 Å². The van der Waals surface area contributed by atoms with Crippen molar-refractivity contribution in [2.24, 2.45) is 0 Å². The first-order valence-electron chi connectivity index (χ1n) is 8.38. The molecule has 1 N–H and O–H groups in total. The molecule has 0 atom stereocenters. The van der Waals surface area contributed by atoms with Crippen LogP contribution in [0.4, 0.5) is 15.8 Å². The minimum absolute atomic E-state index is 0.335. The highest BCUT2D eigenvalue weighted by atomic mass is 32.2. The van der Waals surface area contributed by atoms with Crippen molar-refractivity contribution in [2.45, 2.75) is 6.92 Å². The highest BCUT2D eigenvalue weighted by molar-refractivity contribution is 7.92. The number of aromatic nitrogens is 2. The molecule has 0 aliphatic rings. The van der Waals surface area contributed by atoms with Crippen molar-refractivity contribution < 1.29 is 17.6 Å². The van der Waals surface area contributed by atoms with E-state index in [4.69, 9.17) is 0 Å². The molecule has 3 aromatic rings. The van der Waals surface area contributed by atoms with E-state index in [9.17, 15) is 17.6 Å². The summed E-state index contributed by atoms with van der Waals surface area (Å²) in [5.41, 5.74) is 1.96. The van der Waals surface area contributed by atoms with Gasteiger partial charge in [0.05, 0.1) is 17.6 Å². The molecule has 0 saturated heterocycles. The second-order valence-electron chi connectivity index (χ2n) is 6.25. The summed E-state index contributed by atoms with van der Waals surface area (Å²) in [7, 11) is -3.72. The Bertz CT molecular complexity index is 1100. The van der Waals surface area contributed by atoms with E-state index in [1.54, 1.807) is 54.3 Å². The predicted molar refractivity (Wildman–Crippen MR) is 106 cm³/mol. The fourth-order valence-corrected chi connectivity index (χ4v) is 3.55. The molecule has 7 nitrogen and oxygen atoms in total. The molecule has 2 aromatic carbocycles. The third kappa shape index (κ3) is 4.55. The molecule has 0 unspecified atom stereocenters. The maximum atomic E-state index is 13.2. The molecule has 0 fully saturated rings. The molecule has 1 aromatic heterocycles. The molecular weight excluding hydrogens is 383 g/mol. The summed E-state index contributed by atoms with van der Waals surface area (Å²) in [5.74, 6) is -0.951. The molecule has 0 saturated carbocycles. The summed E-state index contributed by atoms with van der Waals surface area (Å²) in [6.07, 6.45) is 4.37. The number of benzene rings is 2. The van der Waals surface area contributed by atoms with Crippen molar-refractivity contribution in [3.05, 3.63) is 72.3 Å². The molecule has 3 rings (SSSR count). The standard InChI is InChI=1S/C19H19FN4O3S/c1-14-11-15(20)7-8-18(14)22-19(25)13-24(28(2,26)27)17-6-3-5-16(12-17)23-10-4-9-21-23/h3-12H,13H2,1-2H3,(H,22,25). The molecular formula is C19H19FN4O3S. The molecule has 1 heterocycles. The fourth-order valence-electron chi connectivity index (χ4n) is 2.70. The number of aryl methyl sites for hydroxylation is 1. The predicted octanol–water partition coefficient (Wildman–Crippen LogP) is 2.72. The number of nitrogens with zero attached hydrogens (tertiary/aromatic N) is 3. The lowest BCUT2D eigenvalue weighted by Gasteiger charge is -2.22. The number of hydrogen-bond acceptors (Lipinski definition) is 4. The van der Waals surface area contributed by atoms with Crippen LogP contribution >= 0.6 is 0 Å². The van der Waals surface area contributed by atoms with E-state index in [-0.39, 0.29) is 0 Å². The van der Waals surface area contributed by atoms with E-state index in [2.05, 4.69) is 10.4 Å². The van der Waals surface area contributed by atoms with E-state index in [0.29, 0.717) is 22.6 Å². The van der Waals surface area contributed by atoms with Crippen LogP contribution in [0, 0.1) is 12.7 Å². The normalized spacial score (nSPS) is 11.2. The van der Waals surface area contributed by atoms with Gasteiger partial charge >= 0.3 is 0 Å². The Kier molecular flexibility index (Phi) is 5.46. The summed E-state index contributed by atoms with van der Waals surface area (Å²) < 4.78 is 40.4. The SMILES string of the molecule is Cc1cc(F)ccc1NC(=O)CN(c1cccc(-n2cccn2)c1)S(C)(=O)=O. The molecule has 0 radical (unpaired) electrons. The van der Waals surface area contributed by atoms with Crippen LogP contribution in [0.3, 0.4) is 0 Å². The topological polar surface area (TPSA) is 84.3 Å². The Morgan fingerprint density at radius 2 is 2.00 bits per heavy atom. The number of carbonyl (C=O) groups excluding carboxylic acids is 1. The van der Waals surface area contributed by atoms with Crippen LogP contribution in [-0.2, 0) is 14.8 Å². The number of nitrogens with one attached hydrogen (secondary N) is 1. The van der Waals surface area contributed by atoms with Gasteiger partial charge in [0.2, 0.25) is 15.9 Å². The molecule has 28 heavy (non-hydrogen) atoms. The third-order valence-electron chi connectivity index (χ3n) is 4.04. The first-order chi connectivity index (χ1) is 13.2. The first kappa shape index (κ1) is 19.6. The second kappa shape index (κ2) is 7.81. The van der Waals surface area contributed by atoms with Crippen LogP contribution in [0.1, 0.15) is 5.56 Å². The molecule has 146 valence electrons. The Hall–Kier alpha value is -3.20. The second-order valence-corrected chi connectivity index (χ2v) is 8.15. The van der Waals surface area contributed by atoms with Gasteiger partial charge in [0, 0.05) is 18.1 Å².